The molecule has 5 N–H and O–H groups in total. The summed E-state index contributed by atoms with van der Waals surface area (Å²) in [6.45, 7) is 11.5. The minimum absolute atomic E-state index is 0.219. The van der Waals surface area contributed by atoms with E-state index in [0.29, 0.717) is 48.6 Å². The molecule has 0 radical (unpaired) electrons. The van der Waals surface area contributed by atoms with Crippen LogP contribution in [0.2, 0.25) is 0 Å². The minimum Gasteiger partial charge on any atom is -0.444 e. The van der Waals surface area contributed by atoms with Crippen molar-refractivity contribution < 1.29 is 33.4 Å². The quantitative estimate of drug-likeness (QED) is 0.0850. The highest BCUT2D eigenvalue weighted by atomic mass is 16.6. The van der Waals surface area contributed by atoms with Gasteiger partial charge in [0.25, 0.3) is 5.91 Å². The fourth-order valence-electron chi connectivity index (χ4n) is 8.76. The number of carbonyl (C=O) groups is 5. The molecule has 2 fully saturated rings. The molecule has 6 aromatic rings. The van der Waals surface area contributed by atoms with Gasteiger partial charge in [-0.25, -0.2) is 14.6 Å². The normalized spacial score (nSPS) is 17.2. The smallest absolute Gasteiger partial charge is 0.408 e. The molecular weight excluding hydrogens is 849 g/mol. The van der Waals surface area contributed by atoms with Crippen molar-refractivity contribution in [2.45, 2.75) is 103 Å². The number of benzene rings is 4. The van der Waals surface area contributed by atoms with E-state index in [1.54, 1.807) is 76.9 Å². The van der Waals surface area contributed by atoms with Gasteiger partial charge in [0.2, 0.25) is 11.8 Å². The van der Waals surface area contributed by atoms with Gasteiger partial charge in [0.1, 0.15) is 35.2 Å². The largest absolute Gasteiger partial charge is 0.444 e. The Kier molecular flexibility index (Phi) is 13.2. The number of anilines is 1. The second-order valence-corrected chi connectivity index (χ2v) is 19.1. The summed E-state index contributed by atoms with van der Waals surface area (Å²) in [4.78, 5) is 82.8. The molecule has 2 aromatic heterocycles. The van der Waals surface area contributed by atoms with Crippen LogP contribution in [0.15, 0.2) is 115 Å². The molecule has 4 atom stereocenters. The van der Waals surface area contributed by atoms with Crippen LogP contribution in [0.1, 0.15) is 102 Å². The van der Waals surface area contributed by atoms with Gasteiger partial charge in [0.05, 0.1) is 17.9 Å². The first-order valence-electron chi connectivity index (χ1n) is 22.8. The van der Waals surface area contributed by atoms with Crippen molar-refractivity contribution in [3.05, 3.63) is 132 Å². The third kappa shape index (κ3) is 11.0. The maximum absolute atomic E-state index is 14.2. The van der Waals surface area contributed by atoms with Crippen LogP contribution in [-0.2, 0) is 23.9 Å². The number of rotatable bonds is 11. The van der Waals surface area contributed by atoms with Gasteiger partial charge in [-0.2, -0.15) is 0 Å². The average Bonchev–Trinajstić information content (AvgIpc) is 4.13. The first-order valence-corrected chi connectivity index (χ1v) is 22.8. The SMILES string of the molecule is CC(C)(C)OC(=O)N[C@@H](C(=O)N1CCC[C@H]1C(=O)Nc1ccc2[nH]c(-c3ccc(-c4ncc([C@@H]5CCCN5C(=O)[C@H](NC(=O)OC(C)(C)C)c5ccccc5)[nH]4)cc3)cc2c1)c1ccccc1. The highest BCUT2D eigenvalue weighted by molar-refractivity contribution is 6.00. The summed E-state index contributed by atoms with van der Waals surface area (Å²) in [6, 6.07) is 30.9. The van der Waals surface area contributed by atoms with E-state index in [9.17, 15) is 24.0 Å². The molecule has 8 rings (SSSR count). The van der Waals surface area contributed by atoms with Crippen LogP contribution in [0, 0.1) is 0 Å². The van der Waals surface area contributed by atoms with E-state index < -0.39 is 41.5 Å². The number of alkyl carbamates (subject to hydrolysis) is 2. The molecule has 348 valence electrons. The van der Waals surface area contributed by atoms with Crippen LogP contribution < -0.4 is 16.0 Å². The molecule has 4 heterocycles. The van der Waals surface area contributed by atoms with Crippen molar-refractivity contribution in [3.63, 3.8) is 0 Å². The third-order valence-electron chi connectivity index (χ3n) is 11.8. The fourth-order valence-corrected chi connectivity index (χ4v) is 8.76. The van der Waals surface area contributed by atoms with Crippen molar-refractivity contribution in [1.82, 2.24) is 35.4 Å². The average molecular weight is 907 g/mol. The van der Waals surface area contributed by atoms with Gasteiger partial charge in [-0.05, 0) is 108 Å². The zero-order valence-corrected chi connectivity index (χ0v) is 38.7. The van der Waals surface area contributed by atoms with Crippen molar-refractivity contribution in [1.29, 1.82) is 0 Å². The minimum atomic E-state index is -1.03. The van der Waals surface area contributed by atoms with Crippen LogP contribution in [0.25, 0.3) is 33.5 Å². The highest BCUT2D eigenvalue weighted by Crippen LogP contribution is 2.35. The summed E-state index contributed by atoms with van der Waals surface area (Å²) in [5.41, 5.74) is 4.78. The van der Waals surface area contributed by atoms with Crippen LogP contribution in [-0.4, -0.2) is 85.0 Å². The summed E-state index contributed by atoms with van der Waals surface area (Å²) in [6.07, 6.45) is 3.08. The zero-order chi connectivity index (χ0) is 47.5. The summed E-state index contributed by atoms with van der Waals surface area (Å²) < 4.78 is 11.0. The topological polar surface area (TPSA) is 191 Å². The number of ether oxygens (including phenoxy) is 2. The number of aromatic amines is 2. The van der Waals surface area contributed by atoms with Gasteiger partial charge in [-0.1, -0.05) is 84.9 Å². The molecule has 2 saturated heterocycles. The summed E-state index contributed by atoms with van der Waals surface area (Å²) in [7, 11) is 0. The Bertz CT molecular complexity index is 2740. The van der Waals surface area contributed by atoms with E-state index in [0.717, 1.165) is 46.3 Å². The van der Waals surface area contributed by atoms with Gasteiger partial charge in [0.15, 0.2) is 0 Å². The van der Waals surface area contributed by atoms with Gasteiger partial charge < -0.3 is 45.2 Å². The van der Waals surface area contributed by atoms with Crippen molar-refractivity contribution in [3.8, 4) is 22.6 Å². The Morgan fingerprint density at radius 3 is 1.81 bits per heavy atom. The Morgan fingerprint density at radius 1 is 0.657 bits per heavy atom. The van der Waals surface area contributed by atoms with Crippen LogP contribution in [0.4, 0.5) is 15.3 Å². The Morgan fingerprint density at radius 2 is 1.21 bits per heavy atom. The lowest BCUT2D eigenvalue weighted by Crippen LogP contribution is -2.49. The van der Waals surface area contributed by atoms with E-state index in [-0.39, 0.29) is 23.8 Å². The number of hydrogen-bond donors (Lipinski definition) is 5. The van der Waals surface area contributed by atoms with E-state index in [1.165, 1.54) is 0 Å². The Balaban J connectivity index is 0.925. The van der Waals surface area contributed by atoms with Gasteiger partial charge in [0, 0.05) is 40.9 Å². The van der Waals surface area contributed by atoms with E-state index >= 15 is 0 Å². The maximum Gasteiger partial charge on any atom is 0.408 e. The molecule has 2 aliphatic rings. The molecule has 15 heteroatoms. The first-order chi connectivity index (χ1) is 32.0. The van der Waals surface area contributed by atoms with Gasteiger partial charge >= 0.3 is 12.2 Å². The molecular formula is C52H58N8O7. The Hall–Kier alpha value is -7.42. The van der Waals surface area contributed by atoms with Crippen LogP contribution >= 0.6 is 0 Å². The van der Waals surface area contributed by atoms with E-state index in [4.69, 9.17) is 14.5 Å². The zero-order valence-electron chi connectivity index (χ0n) is 38.7. The lowest BCUT2D eigenvalue weighted by molar-refractivity contribution is -0.138. The molecule has 15 nitrogen and oxygen atoms in total. The van der Waals surface area contributed by atoms with E-state index in [1.807, 2.05) is 89.8 Å². The third-order valence-corrected chi connectivity index (χ3v) is 11.8. The van der Waals surface area contributed by atoms with Gasteiger partial charge in [-0.15, -0.1) is 0 Å². The van der Waals surface area contributed by atoms with Crippen molar-refractivity contribution >= 4 is 46.5 Å². The summed E-state index contributed by atoms with van der Waals surface area (Å²) >= 11 is 0. The maximum atomic E-state index is 14.2. The summed E-state index contributed by atoms with van der Waals surface area (Å²) in [5.74, 6) is -0.236. The Labute approximate surface area is 390 Å². The van der Waals surface area contributed by atoms with Crippen molar-refractivity contribution in [2.75, 3.05) is 18.4 Å². The first kappa shape index (κ1) is 46.1. The lowest BCUT2D eigenvalue weighted by atomic mass is 10.0. The molecule has 0 unspecified atom stereocenters. The standard InChI is InChI=1S/C52H58N8O7/c1-51(2,3)66-49(64)57-43(33-15-9-7-10-16-33)47(62)59-27-13-19-41(59)40-31-53-45(56-40)35-23-21-32(22-24-35)39-30-36-29-37(25-26-38(36)55-39)54-46(61)42-20-14-28-60(42)48(63)44(34-17-11-8-12-18-34)58-50(65)67-52(4,5)6/h7-12,15-18,21-26,29-31,41-44,55H,13-14,19-20,27-28H2,1-6H3,(H,53,56)(H,54,61)(H,57,64)(H,58,65)/t41-,42-,43+,44+/m0/s1. The summed E-state index contributed by atoms with van der Waals surface area (Å²) in [5, 5.41) is 9.48. The highest BCUT2D eigenvalue weighted by Gasteiger charge is 2.40. The van der Waals surface area contributed by atoms with Crippen LogP contribution in [0.3, 0.4) is 0 Å². The van der Waals surface area contributed by atoms with Gasteiger partial charge in [-0.3, -0.25) is 14.4 Å². The molecule has 0 bridgehead atoms. The number of nitrogens with one attached hydrogen (secondary N) is 5. The number of imidazole rings is 1. The number of hydrogen-bond acceptors (Lipinski definition) is 8. The number of H-pyrrole nitrogens is 2. The predicted molar refractivity (Wildman–Crippen MR) is 255 cm³/mol. The molecule has 67 heavy (non-hydrogen) atoms. The number of likely N-dealkylation sites (tertiary alicyclic amines) is 2. The molecule has 5 amide bonds. The van der Waals surface area contributed by atoms with Crippen LogP contribution in [0.5, 0.6) is 0 Å². The molecule has 0 aliphatic carbocycles. The molecule has 0 spiro atoms. The predicted octanol–water partition coefficient (Wildman–Crippen LogP) is 9.35. The second kappa shape index (κ2) is 19.2. The molecule has 4 aromatic carbocycles. The number of amides is 5. The lowest BCUT2D eigenvalue weighted by Gasteiger charge is -2.30. The number of aromatic nitrogens is 3. The number of nitrogens with zero attached hydrogens (tertiary/aromatic N) is 3. The monoisotopic (exact) mass is 906 g/mol. The molecule has 0 saturated carbocycles. The number of fused-ring (bicyclic) bond motifs is 1. The fraction of sp³-hybridized carbons (Fsp3) is 0.346. The van der Waals surface area contributed by atoms with Crippen molar-refractivity contribution in [2.24, 2.45) is 0 Å². The van der Waals surface area contributed by atoms with E-state index in [2.05, 4.69) is 25.9 Å². The number of carbonyl (C=O) groups excluding carboxylic acids is 5. The second-order valence-electron chi connectivity index (χ2n) is 19.1. The molecule has 2 aliphatic heterocycles.